The van der Waals surface area contributed by atoms with Gasteiger partial charge in [0.15, 0.2) is 16.3 Å². The van der Waals surface area contributed by atoms with E-state index in [4.69, 9.17) is 19.2 Å². The van der Waals surface area contributed by atoms with Gasteiger partial charge in [-0.25, -0.2) is 9.79 Å². The second kappa shape index (κ2) is 10.2. The lowest BCUT2D eigenvalue weighted by molar-refractivity contribution is -0.138. The molecule has 7 nitrogen and oxygen atoms in total. The summed E-state index contributed by atoms with van der Waals surface area (Å²) in [6.45, 7) is 2.06. The number of benzene rings is 4. The second-order valence-corrected chi connectivity index (χ2v) is 10.6. The summed E-state index contributed by atoms with van der Waals surface area (Å²) in [4.78, 5) is 33.3. The number of carbonyl (C=O) groups excluding carboxylic acids is 1. The van der Waals surface area contributed by atoms with E-state index in [1.165, 1.54) is 11.3 Å². The van der Waals surface area contributed by atoms with E-state index in [1.54, 1.807) is 17.6 Å². The molecule has 0 bridgehead atoms. The Kier molecular flexibility index (Phi) is 6.24. The molecule has 1 atom stereocenters. The molecular weight excluding hydrogens is 536 g/mol. The van der Waals surface area contributed by atoms with Crippen molar-refractivity contribution in [1.82, 2.24) is 4.57 Å². The maximum atomic E-state index is 14.2. The van der Waals surface area contributed by atoms with Crippen molar-refractivity contribution < 1.29 is 19.0 Å². The number of aromatic nitrogens is 1. The van der Waals surface area contributed by atoms with E-state index in [0.717, 1.165) is 21.9 Å². The van der Waals surface area contributed by atoms with E-state index in [2.05, 4.69) is 0 Å². The minimum Gasteiger partial charge on any atom is -0.463 e. The molecule has 2 aliphatic heterocycles. The number of esters is 1. The molecule has 0 N–H and O–H groups in total. The Hall–Kier alpha value is -4.95. The molecule has 0 unspecified atom stereocenters. The zero-order chi connectivity index (χ0) is 27.9. The highest BCUT2D eigenvalue weighted by Gasteiger charge is 2.36. The van der Waals surface area contributed by atoms with Gasteiger partial charge in [0, 0.05) is 5.56 Å². The topological polar surface area (TPSA) is 79.1 Å². The van der Waals surface area contributed by atoms with E-state index in [-0.39, 0.29) is 19.0 Å². The van der Waals surface area contributed by atoms with Crippen LogP contribution < -0.4 is 24.4 Å². The van der Waals surface area contributed by atoms with Gasteiger partial charge in [0.25, 0.3) is 5.56 Å². The highest BCUT2D eigenvalue weighted by atomic mass is 32.1. The molecule has 4 aromatic carbocycles. The Bertz CT molecular complexity index is 2040. The van der Waals surface area contributed by atoms with E-state index in [0.29, 0.717) is 37.7 Å². The van der Waals surface area contributed by atoms with E-state index in [9.17, 15) is 9.59 Å². The Labute approximate surface area is 238 Å². The first kappa shape index (κ1) is 25.0. The van der Waals surface area contributed by atoms with Crippen molar-refractivity contribution in [2.75, 3.05) is 13.4 Å². The third-order valence-electron chi connectivity index (χ3n) is 7.20. The van der Waals surface area contributed by atoms with Crippen LogP contribution in [0.2, 0.25) is 0 Å². The largest absolute Gasteiger partial charge is 0.463 e. The van der Waals surface area contributed by atoms with Crippen LogP contribution in [-0.4, -0.2) is 23.9 Å². The van der Waals surface area contributed by atoms with Crippen LogP contribution in [0.4, 0.5) is 0 Å². The molecule has 0 saturated heterocycles. The monoisotopic (exact) mass is 560 g/mol. The fraction of sp³-hybridized carbons (Fsp3) is 0.121. The Morgan fingerprint density at radius 1 is 1.00 bits per heavy atom. The Morgan fingerprint density at radius 3 is 2.63 bits per heavy atom. The van der Waals surface area contributed by atoms with Gasteiger partial charge in [0.1, 0.15) is 0 Å². The van der Waals surface area contributed by atoms with E-state index >= 15 is 0 Å². The average Bonchev–Trinajstić information content (AvgIpc) is 3.60. The minimum absolute atomic E-state index is 0.114. The van der Waals surface area contributed by atoms with Crippen molar-refractivity contribution in [3.8, 4) is 11.5 Å². The van der Waals surface area contributed by atoms with Gasteiger partial charge in [-0.05, 0) is 47.0 Å². The van der Waals surface area contributed by atoms with Gasteiger partial charge in [-0.1, -0.05) is 90.2 Å². The van der Waals surface area contributed by atoms with Crippen LogP contribution in [0.5, 0.6) is 11.5 Å². The van der Waals surface area contributed by atoms with Gasteiger partial charge >= 0.3 is 5.97 Å². The Morgan fingerprint density at radius 2 is 1.78 bits per heavy atom. The molecule has 0 saturated carbocycles. The summed E-state index contributed by atoms with van der Waals surface area (Å²) < 4.78 is 18.8. The summed E-state index contributed by atoms with van der Waals surface area (Å²) in [5, 5.41) is 2.13. The summed E-state index contributed by atoms with van der Waals surface area (Å²) in [7, 11) is 0. The number of rotatable bonds is 5. The first-order chi connectivity index (χ1) is 20.1. The molecule has 0 radical (unpaired) electrons. The van der Waals surface area contributed by atoms with Crippen LogP contribution >= 0.6 is 11.3 Å². The van der Waals surface area contributed by atoms with Gasteiger partial charge in [0.05, 0.1) is 28.5 Å². The third kappa shape index (κ3) is 4.33. The van der Waals surface area contributed by atoms with Crippen molar-refractivity contribution >= 4 is 39.9 Å². The Balaban J connectivity index is 1.52. The van der Waals surface area contributed by atoms with E-state index in [1.807, 2.05) is 91.0 Å². The normalized spacial score (nSPS) is 16.0. The highest BCUT2D eigenvalue weighted by Crippen LogP contribution is 2.40. The zero-order valence-corrected chi connectivity index (χ0v) is 22.9. The molecule has 0 spiro atoms. The van der Waals surface area contributed by atoms with Gasteiger partial charge in [-0.3, -0.25) is 9.36 Å². The van der Waals surface area contributed by atoms with Crippen molar-refractivity contribution in [3.63, 3.8) is 0 Å². The minimum atomic E-state index is -0.787. The molecule has 0 amide bonds. The average molecular weight is 561 g/mol. The predicted molar refractivity (Wildman–Crippen MR) is 158 cm³/mol. The maximum absolute atomic E-state index is 14.2. The van der Waals surface area contributed by atoms with Gasteiger partial charge in [0.2, 0.25) is 6.79 Å². The number of carbonyl (C=O) groups is 1. The summed E-state index contributed by atoms with van der Waals surface area (Å²) in [5.41, 5.74) is 2.91. The number of nitrogens with zero attached hydrogens (tertiary/aromatic N) is 2. The summed E-state index contributed by atoms with van der Waals surface area (Å²) in [5.74, 6) is 0.644. The molecule has 3 heterocycles. The van der Waals surface area contributed by atoms with Crippen LogP contribution in [0.1, 0.15) is 29.7 Å². The molecule has 41 heavy (non-hydrogen) atoms. The number of hydrogen-bond donors (Lipinski definition) is 0. The third-order valence-corrected chi connectivity index (χ3v) is 8.18. The highest BCUT2D eigenvalue weighted by molar-refractivity contribution is 7.07. The molecule has 2 aliphatic rings. The van der Waals surface area contributed by atoms with Crippen LogP contribution in [-0.2, 0) is 9.53 Å². The first-order valence-corrected chi connectivity index (χ1v) is 14.1. The lowest BCUT2D eigenvalue weighted by Gasteiger charge is -2.26. The fourth-order valence-electron chi connectivity index (χ4n) is 5.36. The number of hydrogen-bond acceptors (Lipinski definition) is 7. The van der Waals surface area contributed by atoms with Crippen LogP contribution in [0, 0.1) is 0 Å². The quantitative estimate of drug-likeness (QED) is 0.288. The molecule has 0 aliphatic carbocycles. The number of thiazole rings is 1. The van der Waals surface area contributed by atoms with Crippen molar-refractivity contribution in [2.24, 2.45) is 4.99 Å². The van der Waals surface area contributed by atoms with Crippen molar-refractivity contribution in [1.29, 1.82) is 0 Å². The van der Waals surface area contributed by atoms with Crippen molar-refractivity contribution in [2.45, 2.75) is 13.0 Å². The zero-order valence-electron chi connectivity index (χ0n) is 22.1. The molecule has 7 rings (SSSR count). The maximum Gasteiger partial charge on any atom is 0.338 e. The standard InChI is InChI=1S/C33H24N2O5S/c1-2-38-32(37)28-29(21-10-4-3-5-11-21)34-33-35(30(28)23-15-16-25-26(17-23)40-19-39-25)31(36)27(41-33)18-22-13-8-12-20-9-6-7-14-24(20)22/h3-18,30H,2,19H2,1H3/b27-18-/t30-/m0/s1. The lowest BCUT2D eigenvalue weighted by atomic mass is 9.93. The fourth-order valence-corrected chi connectivity index (χ4v) is 6.35. The molecule has 1 aromatic heterocycles. The van der Waals surface area contributed by atoms with Crippen molar-refractivity contribution in [3.05, 3.63) is 133 Å². The van der Waals surface area contributed by atoms with Crippen LogP contribution in [0.3, 0.4) is 0 Å². The van der Waals surface area contributed by atoms with Gasteiger partial charge in [-0.2, -0.15) is 0 Å². The molecule has 0 fully saturated rings. The van der Waals surface area contributed by atoms with Crippen LogP contribution in [0.25, 0.3) is 22.5 Å². The molecule has 8 heteroatoms. The SMILES string of the molecule is CCOC(=O)C1=C(c2ccccc2)N=c2s/c(=C\c3cccc4ccccc34)c(=O)n2[C@H]1c1ccc2c(c1)OCO2. The smallest absolute Gasteiger partial charge is 0.338 e. The number of ether oxygens (including phenoxy) is 3. The number of fused-ring (bicyclic) bond motifs is 3. The molecule has 5 aromatic rings. The van der Waals surface area contributed by atoms with Crippen LogP contribution in [0.15, 0.2) is 106 Å². The second-order valence-electron chi connectivity index (χ2n) is 9.61. The van der Waals surface area contributed by atoms with Gasteiger partial charge < -0.3 is 14.2 Å². The van der Waals surface area contributed by atoms with Gasteiger partial charge in [-0.15, -0.1) is 0 Å². The summed E-state index contributed by atoms with van der Waals surface area (Å²) in [6, 6.07) is 28.3. The predicted octanol–water partition coefficient (Wildman–Crippen LogP) is 4.82. The summed E-state index contributed by atoms with van der Waals surface area (Å²) >= 11 is 1.30. The lowest BCUT2D eigenvalue weighted by Crippen LogP contribution is -2.40. The van der Waals surface area contributed by atoms with E-state index < -0.39 is 12.0 Å². The molecular formula is C33H24N2O5S. The first-order valence-electron chi connectivity index (χ1n) is 13.3. The molecule has 202 valence electrons. The summed E-state index contributed by atoms with van der Waals surface area (Å²) in [6.07, 6.45) is 1.90.